The van der Waals surface area contributed by atoms with Crippen LogP contribution < -0.4 is 22.1 Å². The summed E-state index contributed by atoms with van der Waals surface area (Å²) in [6, 6.07) is 2.82. The number of primary amides is 1. The zero-order valence-corrected chi connectivity index (χ0v) is 15.9. The number of aromatic nitrogens is 2. The molecule has 0 radical (unpaired) electrons. The highest BCUT2D eigenvalue weighted by Gasteiger charge is 2.24. The zero-order chi connectivity index (χ0) is 18.7. The van der Waals surface area contributed by atoms with Crippen LogP contribution in [0.15, 0.2) is 24.5 Å². The van der Waals surface area contributed by atoms with Gasteiger partial charge < -0.3 is 22.1 Å². The Balaban J connectivity index is 0.00000261. The zero-order valence-electron chi connectivity index (χ0n) is 15.0. The van der Waals surface area contributed by atoms with E-state index in [4.69, 9.17) is 11.5 Å². The van der Waals surface area contributed by atoms with Crippen molar-refractivity contribution in [2.75, 3.05) is 10.6 Å². The van der Waals surface area contributed by atoms with Crippen molar-refractivity contribution in [3.8, 4) is 0 Å². The molecule has 0 aromatic carbocycles. The number of halogens is 2. The summed E-state index contributed by atoms with van der Waals surface area (Å²) >= 11 is 0. The summed E-state index contributed by atoms with van der Waals surface area (Å²) in [5.74, 6) is -1.16. The van der Waals surface area contributed by atoms with Crippen LogP contribution in [0.2, 0.25) is 0 Å². The predicted octanol–water partition coefficient (Wildman–Crippen LogP) is 2.87. The number of amides is 1. The van der Waals surface area contributed by atoms with Gasteiger partial charge in [-0.25, -0.2) is 9.37 Å². The number of rotatable bonds is 5. The van der Waals surface area contributed by atoms with Crippen molar-refractivity contribution in [1.82, 2.24) is 9.97 Å². The van der Waals surface area contributed by atoms with Crippen LogP contribution in [0.1, 0.15) is 41.6 Å². The summed E-state index contributed by atoms with van der Waals surface area (Å²) in [5.41, 5.74) is 13.0. The van der Waals surface area contributed by atoms with Crippen molar-refractivity contribution in [1.29, 1.82) is 0 Å². The second kappa shape index (κ2) is 8.96. The van der Waals surface area contributed by atoms with Crippen LogP contribution in [0.3, 0.4) is 0 Å². The molecule has 2 heterocycles. The molecule has 1 amide bonds. The molecule has 0 saturated heterocycles. The van der Waals surface area contributed by atoms with Crippen LogP contribution >= 0.6 is 12.4 Å². The van der Waals surface area contributed by atoms with E-state index in [1.54, 1.807) is 12.4 Å². The topological polar surface area (TPSA) is 119 Å². The minimum atomic E-state index is -0.763. The fraction of sp³-hybridized carbons (Fsp3) is 0.389. The molecule has 146 valence electrons. The van der Waals surface area contributed by atoms with Gasteiger partial charge in [0.2, 0.25) is 0 Å². The first-order valence-electron chi connectivity index (χ1n) is 8.65. The van der Waals surface area contributed by atoms with Crippen molar-refractivity contribution in [3.63, 3.8) is 0 Å². The van der Waals surface area contributed by atoms with Gasteiger partial charge in [0.1, 0.15) is 5.82 Å². The van der Waals surface area contributed by atoms with E-state index in [1.165, 1.54) is 0 Å². The van der Waals surface area contributed by atoms with Crippen molar-refractivity contribution in [2.45, 2.75) is 44.7 Å². The van der Waals surface area contributed by atoms with Gasteiger partial charge in [-0.05, 0) is 37.5 Å². The van der Waals surface area contributed by atoms with Gasteiger partial charge >= 0.3 is 0 Å². The third kappa shape index (κ3) is 5.05. The number of hydrogen-bond acceptors (Lipinski definition) is 6. The fourth-order valence-corrected chi connectivity index (χ4v) is 3.15. The number of nitrogens with one attached hydrogen (secondary N) is 2. The minimum Gasteiger partial charge on any atom is -0.365 e. The first-order valence-corrected chi connectivity index (χ1v) is 8.65. The number of hydrogen-bond donors (Lipinski definition) is 4. The molecule has 27 heavy (non-hydrogen) atoms. The summed E-state index contributed by atoms with van der Waals surface area (Å²) in [7, 11) is 0. The number of nitrogens with two attached hydrogens (primary N) is 2. The molecular formula is C18H24ClFN6O. The van der Waals surface area contributed by atoms with Crippen molar-refractivity contribution in [2.24, 2.45) is 11.5 Å². The SMILES string of the molecule is Cc1cncc(Nc2nc(NC3CCCCC3N)c(F)cc2C(N)=O)c1.Cl. The number of carbonyl (C=O) groups is 1. The van der Waals surface area contributed by atoms with Crippen LogP contribution in [0.25, 0.3) is 0 Å². The Labute approximate surface area is 163 Å². The standard InChI is InChI=1S/C18H23FN6O.ClH/c1-10-6-11(9-22-8-10)23-17-12(16(21)26)7-13(19)18(25-17)24-15-5-3-2-4-14(15)20;/h6-9,14-15H,2-5,20H2,1H3,(H2,21,26)(H2,23,24,25);1H. The molecule has 9 heteroatoms. The number of aryl methyl sites for hydroxylation is 1. The first kappa shape index (κ1) is 20.9. The Morgan fingerprint density at radius 2 is 1.96 bits per heavy atom. The van der Waals surface area contributed by atoms with Gasteiger partial charge in [-0.2, -0.15) is 0 Å². The number of pyridine rings is 2. The molecule has 2 aromatic rings. The van der Waals surface area contributed by atoms with Gasteiger partial charge in [-0.3, -0.25) is 9.78 Å². The maximum absolute atomic E-state index is 14.5. The van der Waals surface area contributed by atoms with E-state index in [1.807, 2.05) is 13.0 Å². The summed E-state index contributed by atoms with van der Waals surface area (Å²) in [4.78, 5) is 20.1. The lowest BCUT2D eigenvalue weighted by Crippen LogP contribution is -2.43. The van der Waals surface area contributed by atoms with Crippen LogP contribution in [0.5, 0.6) is 0 Å². The Morgan fingerprint density at radius 3 is 2.63 bits per heavy atom. The smallest absolute Gasteiger partial charge is 0.252 e. The number of carbonyl (C=O) groups excluding carboxylic acids is 1. The van der Waals surface area contributed by atoms with E-state index in [-0.39, 0.29) is 41.7 Å². The van der Waals surface area contributed by atoms with Crippen molar-refractivity contribution < 1.29 is 9.18 Å². The minimum absolute atomic E-state index is 0. The molecule has 2 unspecified atom stereocenters. The number of anilines is 3. The molecule has 2 aromatic heterocycles. The van der Waals surface area contributed by atoms with Gasteiger partial charge in [0.25, 0.3) is 5.91 Å². The highest BCUT2D eigenvalue weighted by molar-refractivity contribution is 5.98. The van der Waals surface area contributed by atoms with E-state index in [2.05, 4.69) is 20.6 Å². The average Bonchev–Trinajstić information content (AvgIpc) is 2.59. The Kier molecular flexibility index (Phi) is 6.92. The van der Waals surface area contributed by atoms with Crippen molar-refractivity contribution >= 4 is 35.6 Å². The molecule has 1 aliphatic rings. The Hall–Kier alpha value is -2.45. The quantitative estimate of drug-likeness (QED) is 0.619. The molecule has 1 aliphatic carbocycles. The van der Waals surface area contributed by atoms with Crippen LogP contribution in [0.4, 0.5) is 21.7 Å². The molecular weight excluding hydrogens is 371 g/mol. The lowest BCUT2D eigenvalue weighted by atomic mass is 9.91. The molecule has 0 bridgehead atoms. The maximum Gasteiger partial charge on any atom is 0.252 e. The van der Waals surface area contributed by atoms with Gasteiger partial charge in [0.05, 0.1) is 17.4 Å². The highest BCUT2D eigenvalue weighted by atomic mass is 35.5. The first-order chi connectivity index (χ1) is 12.4. The molecule has 2 atom stereocenters. The van der Waals surface area contributed by atoms with Gasteiger partial charge in [0, 0.05) is 18.3 Å². The van der Waals surface area contributed by atoms with Crippen molar-refractivity contribution in [3.05, 3.63) is 41.5 Å². The summed E-state index contributed by atoms with van der Waals surface area (Å²) in [6.45, 7) is 1.89. The van der Waals surface area contributed by atoms with E-state index in [0.717, 1.165) is 37.3 Å². The third-order valence-corrected chi connectivity index (χ3v) is 4.52. The Bertz CT molecular complexity index is 818. The maximum atomic E-state index is 14.5. The highest BCUT2D eigenvalue weighted by Crippen LogP contribution is 2.26. The predicted molar refractivity (Wildman–Crippen MR) is 106 cm³/mol. The molecule has 6 N–H and O–H groups in total. The second-order valence-corrected chi connectivity index (χ2v) is 6.65. The normalized spacial score (nSPS) is 19.1. The van der Waals surface area contributed by atoms with E-state index < -0.39 is 11.7 Å². The average molecular weight is 395 g/mol. The lowest BCUT2D eigenvalue weighted by Gasteiger charge is -2.30. The molecule has 0 spiro atoms. The van der Waals surface area contributed by atoms with E-state index in [9.17, 15) is 9.18 Å². The van der Waals surface area contributed by atoms with Crippen LogP contribution in [-0.2, 0) is 0 Å². The summed E-state index contributed by atoms with van der Waals surface area (Å²) in [5, 5.41) is 6.08. The lowest BCUT2D eigenvalue weighted by molar-refractivity contribution is 0.100. The summed E-state index contributed by atoms with van der Waals surface area (Å²) < 4.78 is 14.5. The molecule has 0 aliphatic heterocycles. The molecule has 3 rings (SSSR count). The third-order valence-electron chi connectivity index (χ3n) is 4.52. The second-order valence-electron chi connectivity index (χ2n) is 6.65. The van der Waals surface area contributed by atoms with Crippen LogP contribution in [-0.4, -0.2) is 28.0 Å². The summed E-state index contributed by atoms with van der Waals surface area (Å²) in [6.07, 6.45) is 7.14. The van der Waals surface area contributed by atoms with Gasteiger partial charge in [-0.1, -0.05) is 12.8 Å². The monoisotopic (exact) mass is 394 g/mol. The van der Waals surface area contributed by atoms with Gasteiger partial charge in [0.15, 0.2) is 11.6 Å². The number of nitrogens with zero attached hydrogens (tertiary/aromatic N) is 2. The molecule has 1 fully saturated rings. The van der Waals surface area contributed by atoms with Gasteiger partial charge in [-0.15, -0.1) is 12.4 Å². The largest absolute Gasteiger partial charge is 0.365 e. The fourth-order valence-electron chi connectivity index (χ4n) is 3.15. The van der Waals surface area contributed by atoms with E-state index in [0.29, 0.717) is 5.69 Å². The van der Waals surface area contributed by atoms with Crippen LogP contribution in [0, 0.1) is 12.7 Å². The van der Waals surface area contributed by atoms with E-state index >= 15 is 0 Å². The molecule has 1 saturated carbocycles. The Morgan fingerprint density at radius 1 is 1.22 bits per heavy atom. The molecule has 7 nitrogen and oxygen atoms in total.